The molecule has 0 aliphatic carbocycles. The first-order valence-corrected chi connectivity index (χ1v) is 6.63. The first kappa shape index (κ1) is 16.9. The number of methoxy groups -OCH3 is 1. The van der Waals surface area contributed by atoms with Gasteiger partial charge in [0.05, 0.1) is 6.61 Å². The van der Waals surface area contributed by atoms with E-state index >= 15 is 0 Å². The lowest BCUT2D eigenvalue weighted by atomic mass is 9.79. The van der Waals surface area contributed by atoms with Gasteiger partial charge in [0.1, 0.15) is 5.69 Å². The van der Waals surface area contributed by atoms with Crippen LogP contribution in [0.25, 0.3) is 0 Å². The molecule has 7 heteroatoms. The molecule has 0 aromatic carbocycles. The second kappa shape index (κ2) is 7.61. The first-order valence-electron chi connectivity index (χ1n) is 6.63. The van der Waals surface area contributed by atoms with Crippen molar-refractivity contribution in [3.05, 3.63) is 18.0 Å². The van der Waals surface area contributed by atoms with Crippen LogP contribution in [0.5, 0.6) is 0 Å². The van der Waals surface area contributed by atoms with Crippen LogP contribution in [0.1, 0.15) is 23.3 Å². The summed E-state index contributed by atoms with van der Waals surface area (Å²) in [6, 6.07) is 1.72. The molecule has 0 spiro atoms. The van der Waals surface area contributed by atoms with Crippen molar-refractivity contribution in [1.29, 1.82) is 0 Å². The summed E-state index contributed by atoms with van der Waals surface area (Å²) in [6.07, 6.45) is 3.67. The smallest absolute Gasteiger partial charge is 0.269 e. The van der Waals surface area contributed by atoms with Gasteiger partial charge in [-0.2, -0.15) is 5.10 Å². The van der Waals surface area contributed by atoms with Gasteiger partial charge in [0.2, 0.25) is 0 Å². The number of hydrogen-bond donors (Lipinski definition) is 2. The molecule has 1 aromatic rings. The largest absolute Gasteiger partial charge is 0.384 e. The minimum Gasteiger partial charge on any atom is -0.384 e. The predicted octanol–water partition coefficient (Wildman–Crippen LogP) is 0.588. The number of carbonyl (C=O) groups excluding carboxylic acids is 1. The number of ether oxygens (including phenoxy) is 1. The fourth-order valence-corrected chi connectivity index (χ4v) is 2.59. The van der Waals surface area contributed by atoms with Crippen LogP contribution in [-0.4, -0.2) is 49.0 Å². The fourth-order valence-electron chi connectivity index (χ4n) is 2.59. The molecule has 1 amide bonds. The lowest BCUT2D eigenvalue weighted by molar-refractivity contribution is 0.0510. The topological polar surface area (TPSA) is 68.2 Å². The van der Waals surface area contributed by atoms with Crippen molar-refractivity contribution in [3.8, 4) is 0 Å². The van der Waals surface area contributed by atoms with E-state index in [0.717, 1.165) is 25.9 Å². The molecule has 114 valence electrons. The van der Waals surface area contributed by atoms with Gasteiger partial charge in [-0.1, -0.05) is 0 Å². The molecular formula is C13H23ClN4O2. The lowest BCUT2D eigenvalue weighted by Crippen LogP contribution is -2.47. The molecule has 1 fully saturated rings. The van der Waals surface area contributed by atoms with Crippen LogP contribution in [0.4, 0.5) is 0 Å². The van der Waals surface area contributed by atoms with E-state index in [1.807, 2.05) is 0 Å². The number of halogens is 1. The van der Waals surface area contributed by atoms with E-state index in [-0.39, 0.29) is 23.7 Å². The quantitative estimate of drug-likeness (QED) is 0.835. The van der Waals surface area contributed by atoms with Crippen molar-refractivity contribution in [2.75, 3.05) is 33.4 Å². The molecule has 20 heavy (non-hydrogen) atoms. The number of hydrogen-bond acceptors (Lipinski definition) is 4. The molecule has 0 unspecified atom stereocenters. The Morgan fingerprint density at radius 2 is 2.25 bits per heavy atom. The Balaban J connectivity index is 0.00000200. The van der Waals surface area contributed by atoms with Crippen molar-refractivity contribution in [2.45, 2.75) is 12.8 Å². The summed E-state index contributed by atoms with van der Waals surface area (Å²) in [6.45, 7) is 3.28. The number of piperidine rings is 1. The maximum absolute atomic E-state index is 12.1. The Bertz CT molecular complexity index is 424. The fraction of sp³-hybridized carbons (Fsp3) is 0.692. The third kappa shape index (κ3) is 3.94. The van der Waals surface area contributed by atoms with Crippen molar-refractivity contribution < 1.29 is 9.53 Å². The van der Waals surface area contributed by atoms with Crippen LogP contribution in [0.2, 0.25) is 0 Å². The maximum atomic E-state index is 12.1. The molecule has 0 atom stereocenters. The highest BCUT2D eigenvalue weighted by atomic mass is 35.5. The van der Waals surface area contributed by atoms with Crippen LogP contribution in [0.15, 0.2) is 12.3 Å². The number of nitrogens with zero attached hydrogens (tertiary/aromatic N) is 2. The average molecular weight is 303 g/mol. The Hall–Kier alpha value is -1.11. The van der Waals surface area contributed by atoms with E-state index in [4.69, 9.17) is 4.74 Å². The number of aromatic nitrogens is 2. The van der Waals surface area contributed by atoms with Crippen LogP contribution < -0.4 is 10.6 Å². The van der Waals surface area contributed by atoms with E-state index in [0.29, 0.717) is 18.8 Å². The Labute approximate surface area is 125 Å². The van der Waals surface area contributed by atoms with Gasteiger partial charge in [-0.25, -0.2) is 0 Å². The number of nitrogens with one attached hydrogen (secondary N) is 2. The minimum absolute atomic E-state index is 0. The summed E-state index contributed by atoms with van der Waals surface area (Å²) in [5.74, 6) is -0.0750. The van der Waals surface area contributed by atoms with Gasteiger partial charge >= 0.3 is 0 Å². The van der Waals surface area contributed by atoms with Crippen molar-refractivity contribution in [3.63, 3.8) is 0 Å². The highest BCUT2D eigenvalue weighted by Crippen LogP contribution is 2.28. The summed E-state index contributed by atoms with van der Waals surface area (Å²) in [5.41, 5.74) is 0.635. The average Bonchev–Trinajstić information content (AvgIpc) is 2.84. The van der Waals surface area contributed by atoms with Gasteiger partial charge in [-0.15, -0.1) is 12.4 Å². The van der Waals surface area contributed by atoms with E-state index in [1.54, 1.807) is 31.1 Å². The molecule has 0 radical (unpaired) electrons. The van der Waals surface area contributed by atoms with Crippen LogP contribution in [0, 0.1) is 5.41 Å². The van der Waals surface area contributed by atoms with Gasteiger partial charge in [-0.3, -0.25) is 9.48 Å². The summed E-state index contributed by atoms with van der Waals surface area (Å²) in [5, 5.41) is 10.4. The maximum Gasteiger partial charge on any atom is 0.269 e. The number of carbonyl (C=O) groups is 1. The zero-order valence-corrected chi connectivity index (χ0v) is 12.8. The molecule has 1 aliphatic heterocycles. The highest BCUT2D eigenvalue weighted by Gasteiger charge is 2.32. The molecule has 0 saturated carbocycles. The molecular weight excluding hydrogens is 280 g/mol. The zero-order chi connectivity index (χ0) is 13.7. The SMILES string of the molecule is COCC1(CNC(=O)c2ccnn2C)CCNCC1.Cl. The summed E-state index contributed by atoms with van der Waals surface area (Å²) in [4.78, 5) is 12.1. The number of aryl methyl sites for hydroxylation is 1. The van der Waals surface area contributed by atoms with Crippen LogP contribution >= 0.6 is 12.4 Å². The third-order valence-electron chi connectivity index (χ3n) is 3.79. The summed E-state index contributed by atoms with van der Waals surface area (Å²) < 4.78 is 6.92. The van der Waals surface area contributed by atoms with Gasteiger partial charge in [0.25, 0.3) is 5.91 Å². The first-order chi connectivity index (χ1) is 9.17. The van der Waals surface area contributed by atoms with E-state index in [1.165, 1.54) is 0 Å². The molecule has 1 saturated heterocycles. The minimum atomic E-state index is -0.0750. The Morgan fingerprint density at radius 3 is 2.80 bits per heavy atom. The highest BCUT2D eigenvalue weighted by molar-refractivity contribution is 5.92. The third-order valence-corrected chi connectivity index (χ3v) is 3.79. The van der Waals surface area contributed by atoms with Crippen molar-refractivity contribution >= 4 is 18.3 Å². The molecule has 1 aromatic heterocycles. The van der Waals surface area contributed by atoms with Crippen molar-refractivity contribution in [1.82, 2.24) is 20.4 Å². The predicted molar refractivity (Wildman–Crippen MR) is 79.2 cm³/mol. The standard InChI is InChI=1S/C13H22N4O2.ClH/c1-17-11(3-6-16-17)12(18)15-9-13(10-19-2)4-7-14-8-5-13;/h3,6,14H,4-5,7-10H2,1-2H3,(H,15,18);1H. The van der Waals surface area contributed by atoms with Crippen LogP contribution in [0.3, 0.4) is 0 Å². The van der Waals surface area contributed by atoms with E-state index in [9.17, 15) is 4.79 Å². The molecule has 1 aliphatic rings. The molecule has 2 heterocycles. The van der Waals surface area contributed by atoms with Gasteiger partial charge in [0, 0.05) is 32.3 Å². The van der Waals surface area contributed by atoms with Gasteiger partial charge in [-0.05, 0) is 32.0 Å². The second-order valence-electron chi connectivity index (χ2n) is 5.21. The second-order valence-corrected chi connectivity index (χ2v) is 5.21. The van der Waals surface area contributed by atoms with E-state index in [2.05, 4.69) is 15.7 Å². The zero-order valence-electron chi connectivity index (χ0n) is 12.0. The number of amides is 1. The monoisotopic (exact) mass is 302 g/mol. The Morgan fingerprint density at radius 1 is 1.55 bits per heavy atom. The molecule has 0 bridgehead atoms. The molecule has 2 N–H and O–H groups in total. The Kier molecular flexibility index (Phi) is 6.45. The summed E-state index contributed by atoms with van der Waals surface area (Å²) in [7, 11) is 3.48. The van der Waals surface area contributed by atoms with Crippen LogP contribution in [-0.2, 0) is 11.8 Å². The van der Waals surface area contributed by atoms with Gasteiger partial charge < -0.3 is 15.4 Å². The van der Waals surface area contributed by atoms with Crippen molar-refractivity contribution in [2.24, 2.45) is 12.5 Å². The lowest BCUT2D eigenvalue weighted by Gasteiger charge is -2.37. The van der Waals surface area contributed by atoms with E-state index < -0.39 is 0 Å². The normalized spacial score (nSPS) is 17.3. The molecule has 2 rings (SSSR count). The molecule has 6 nitrogen and oxygen atoms in total. The van der Waals surface area contributed by atoms with Gasteiger partial charge in [0.15, 0.2) is 0 Å². The summed E-state index contributed by atoms with van der Waals surface area (Å²) >= 11 is 0. The number of rotatable bonds is 5.